The minimum Gasteiger partial charge on any atom is -0.395 e. The fourth-order valence-electron chi connectivity index (χ4n) is 2.07. The molecule has 2 N–H and O–H groups in total. The SMILES string of the molecule is CCCNCc1ccc(N(CCC)CCO)c(F)c1. The molecule has 4 heteroatoms. The van der Waals surface area contributed by atoms with E-state index in [0.29, 0.717) is 18.8 Å². The molecule has 0 aliphatic heterocycles. The van der Waals surface area contributed by atoms with Gasteiger partial charge in [0.1, 0.15) is 5.82 Å². The molecule has 0 fully saturated rings. The second-order valence-electron chi connectivity index (χ2n) is 4.67. The molecule has 0 heterocycles. The van der Waals surface area contributed by atoms with Crippen molar-refractivity contribution in [2.45, 2.75) is 33.2 Å². The summed E-state index contributed by atoms with van der Waals surface area (Å²) in [7, 11) is 0. The van der Waals surface area contributed by atoms with Gasteiger partial charge in [-0.25, -0.2) is 4.39 Å². The second kappa shape index (κ2) is 8.88. The quantitative estimate of drug-likeness (QED) is 0.676. The summed E-state index contributed by atoms with van der Waals surface area (Å²) in [6, 6.07) is 5.34. The van der Waals surface area contributed by atoms with Crippen molar-refractivity contribution in [2.75, 3.05) is 31.1 Å². The summed E-state index contributed by atoms with van der Waals surface area (Å²) in [4.78, 5) is 1.89. The molecule has 1 aromatic carbocycles. The maximum Gasteiger partial charge on any atom is 0.146 e. The van der Waals surface area contributed by atoms with Crippen LogP contribution in [0.5, 0.6) is 0 Å². The molecular weight excluding hydrogens is 243 g/mol. The molecule has 0 radical (unpaired) electrons. The molecule has 3 nitrogen and oxygen atoms in total. The molecule has 1 rings (SSSR count). The molecule has 0 saturated heterocycles. The van der Waals surface area contributed by atoms with Gasteiger partial charge in [0.15, 0.2) is 0 Å². The zero-order chi connectivity index (χ0) is 14.1. The molecule has 0 aliphatic carbocycles. The third-order valence-electron chi connectivity index (χ3n) is 2.97. The van der Waals surface area contributed by atoms with E-state index in [1.54, 1.807) is 6.07 Å². The zero-order valence-corrected chi connectivity index (χ0v) is 12.0. The van der Waals surface area contributed by atoms with Gasteiger partial charge < -0.3 is 15.3 Å². The van der Waals surface area contributed by atoms with Crippen LogP contribution in [0.3, 0.4) is 0 Å². The molecule has 108 valence electrons. The Labute approximate surface area is 115 Å². The van der Waals surface area contributed by atoms with Crippen LogP contribution in [0.2, 0.25) is 0 Å². The Morgan fingerprint density at radius 3 is 2.58 bits per heavy atom. The summed E-state index contributed by atoms with van der Waals surface area (Å²) in [6.45, 7) is 7.05. The van der Waals surface area contributed by atoms with Gasteiger partial charge in [0.05, 0.1) is 12.3 Å². The topological polar surface area (TPSA) is 35.5 Å². The van der Waals surface area contributed by atoms with Crippen molar-refractivity contribution < 1.29 is 9.50 Å². The highest BCUT2D eigenvalue weighted by atomic mass is 19.1. The van der Waals surface area contributed by atoms with Crippen LogP contribution < -0.4 is 10.2 Å². The van der Waals surface area contributed by atoms with Crippen LogP contribution in [0.15, 0.2) is 18.2 Å². The maximum absolute atomic E-state index is 14.1. The lowest BCUT2D eigenvalue weighted by Crippen LogP contribution is -2.28. The number of hydrogen-bond donors (Lipinski definition) is 2. The maximum atomic E-state index is 14.1. The van der Waals surface area contributed by atoms with E-state index in [1.165, 1.54) is 0 Å². The molecule has 0 unspecified atom stereocenters. The van der Waals surface area contributed by atoms with E-state index in [-0.39, 0.29) is 12.4 Å². The van der Waals surface area contributed by atoms with E-state index in [1.807, 2.05) is 24.0 Å². The van der Waals surface area contributed by atoms with Gasteiger partial charge in [-0.05, 0) is 37.1 Å². The average molecular weight is 268 g/mol. The number of aliphatic hydroxyl groups is 1. The monoisotopic (exact) mass is 268 g/mol. The molecule has 0 atom stereocenters. The van der Waals surface area contributed by atoms with E-state index in [2.05, 4.69) is 12.2 Å². The normalized spacial score (nSPS) is 10.7. The first-order valence-corrected chi connectivity index (χ1v) is 7.07. The number of benzene rings is 1. The van der Waals surface area contributed by atoms with Crippen LogP contribution in [0, 0.1) is 5.82 Å². The summed E-state index contributed by atoms with van der Waals surface area (Å²) >= 11 is 0. The van der Waals surface area contributed by atoms with Gasteiger partial charge in [0.25, 0.3) is 0 Å². The van der Waals surface area contributed by atoms with Gasteiger partial charge in [-0.15, -0.1) is 0 Å². The van der Waals surface area contributed by atoms with Gasteiger partial charge in [0.2, 0.25) is 0 Å². The lowest BCUT2D eigenvalue weighted by atomic mass is 10.1. The Kier molecular flexibility index (Phi) is 7.45. The largest absolute Gasteiger partial charge is 0.395 e. The lowest BCUT2D eigenvalue weighted by Gasteiger charge is -2.24. The Morgan fingerprint density at radius 2 is 2.00 bits per heavy atom. The van der Waals surface area contributed by atoms with Gasteiger partial charge >= 0.3 is 0 Å². The summed E-state index contributed by atoms with van der Waals surface area (Å²) < 4.78 is 14.1. The van der Waals surface area contributed by atoms with Crippen molar-refractivity contribution in [3.63, 3.8) is 0 Å². The first kappa shape index (κ1) is 15.9. The summed E-state index contributed by atoms with van der Waals surface area (Å²) in [5.74, 6) is -0.210. The number of halogens is 1. The van der Waals surface area contributed by atoms with Crippen LogP contribution >= 0.6 is 0 Å². The molecule has 0 aliphatic rings. The highest BCUT2D eigenvalue weighted by Gasteiger charge is 2.10. The lowest BCUT2D eigenvalue weighted by molar-refractivity contribution is 0.301. The first-order valence-electron chi connectivity index (χ1n) is 7.07. The highest BCUT2D eigenvalue weighted by Crippen LogP contribution is 2.20. The number of nitrogens with one attached hydrogen (secondary N) is 1. The fraction of sp³-hybridized carbons (Fsp3) is 0.600. The van der Waals surface area contributed by atoms with Crippen LogP contribution in [0.4, 0.5) is 10.1 Å². The Hall–Kier alpha value is -1.13. The summed E-state index contributed by atoms with van der Waals surface area (Å²) in [5.41, 5.74) is 1.53. The molecule has 0 amide bonds. The molecule has 1 aromatic rings. The summed E-state index contributed by atoms with van der Waals surface area (Å²) in [5, 5.41) is 12.3. The van der Waals surface area contributed by atoms with E-state index in [4.69, 9.17) is 5.11 Å². The average Bonchev–Trinajstić information content (AvgIpc) is 2.39. The standard InChI is InChI=1S/C15H25FN2O/c1-3-7-17-12-13-5-6-15(14(16)11-13)18(8-4-2)9-10-19/h5-6,11,17,19H,3-4,7-10,12H2,1-2H3. The number of nitrogens with zero attached hydrogens (tertiary/aromatic N) is 1. The van der Waals surface area contributed by atoms with E-state index in [9.17, 15) is 4.39 Å². The van der Waals surface area contributed by atoms with Gasteiger partial charge in [-0.3, -0.25) is 0 Å². The van der Waals surface area contributed by atoms with Crippen molar-refractivity contribution in [3.8, 4) is 0 Å². The van der Waals surface area contributed by atoms with Crippen LogP contribution in [0.1, 0.15) is 32.3 Å². The van der Waals surface area contributed by atoms with Crippen LogP contribution in [-0.2, 0) is 6.54 Å². The predicted molar refractivity (Wildman–Crippen MR) is 78.0 cm³/mol. The molecule has 0 spiro atoms. The van der Waals surface area contributed by atoms with Crippen molar-refractivity contribution in [3.05, 3.63) is 29.6 Å². The second-order valence-corrected chi connectivity index (χ2v) is 4.67. The number of anilines is 1. The Bertz CT molecular complexity index is 365. The van der Waals surface area contributed by atoms with E-state index in [0.717, 1.165) is 31.5 Å². The van der Waals surface area contributed by atoms with Gasteiger partial charge in [-0.1, -0.05) is 19.9 Å². The van der Waals surface area contributed by atoms with Crippen molar-refractivity contribution >= 4 is 5.69 Å². The minimum atomic E-state index is -0.210. The van der Waals surface area contributed by atoms with Gasteiger partial charge in [-0.2, -0.15) is 0 Å². The third kappa shape index (κ3) is 5.17. The smallest absolute Gasteiger partial charge is 0.146 e. The predicted octanol–water partition coefficient (Wildman–Crippen LogP) is 2.53. The fourth-order valence-corrected chi connectivity index (χ4v) is 2.07. The number of rotatable bonds is 9. The van der Waals surface area contributed by atoms with Crippen molar-refractivity contribution in [1.29, 1.82) is 0 Å². The van der Waals surface area contributed by atoms with E-state index >= 15 is 0 Å². The molecule has 0 bridgehead atoms. The third-order valence-corrected chi connectivity index (χ3v) is 2.97. The molecule has 0 aromatic heterocycles. The zero-order valence-electron chi connectivity index (χ0n) is 12.0. The number of hydrogen-bond acceptors (Lipinski definition) is 3. The van der Waals surface area contributed by atoms with E-state index < -0.39 is 0 Å². The first-order chi connectivity index (χ1) is 9.22. The molecule has 0 saturated carbocycles. The van der Waals surface area contributed by atoms with Gasteiger partial charge in [0, 0.05) is 19.6 Å². The molecular formula is C15H25FN2O. The molecule has 19 heavy (non-hydrogen) atoms. The van der Waals surface area contributed by atoms with Crippen molar-refractivity contribution in [2.24, 2.45) is 0 Å². The Morgan fingerprint density at radius 1 is 1.21 bits per heavy atom. The Balaban J connectivity index is 2.73. The van der Waals surface area contributed by atoms with Crippen molar-refractivity contribution in [1.82, 2.24) is 5.32 Å². The van der Waals surface area contributed by atoms with Crippen LogP contribution in [-0.4, -0.2) is 31.3 Å². The summed E-state index contributed by atoms with van der Waals surface area (Å²) in [6.07, 6.45) is 2.00. The highest BCUT2D eigenvalue weighted by molar-refractivity contribution is 5.49. The van der Waals surface area contributed by atoms with Crippen LogP contribution in [0.25, 0.3) is 0 Å². The minimum absolute atomic E-state index is 0.0409. The number of aliphatic hydroxyl groups excluding tert-OH is 1.